The molecule has 0 radical (unpaired) electrons. The van der Waals surface area contributed by atoms with E-state index >= 15 is 0 Å². The van der Waals surface area contributed by atoms with Gasteiger partial charge in [-0.25, -0.2) is 9.97 Å². The molecule has 2 unspecified atom stereocenters. The first-order chi connectivity index (χ1) is 29.7. The summed E-state index contributed by atoms with van der Waals surface area (Å²) >= 11 is 0. The Labute approximate surface area is 348 Å². The second-order valence-electron chi connectivity index (χ2n) is 15.8. The Morgan fingerprint density at radius 3 is 1.73 bits per heavy atom. The van der Waals surface area contributed by atoms with Gasteiger partial charge >= 0.3 is 0 Å². The van der Waals surface area contributed by atoms with E-state index in [0.29, 0.717) is 11.7 Å². The summed E-state index contributed by atoms with van der Waals surface area (Å²) in [5, 5.41) is 4.93. The molecule has 0 amide bonds. The summed E-state index contributed by atoms with van der Waals surface area (Å²) in [6, 6.07) is 70.0. The Morgan fingerprint density at radius 2 is 0.983 bits per heavy atom. The molecule has 10 aromatic rings. The van der Waals surface area contributed by atoms with E-state index in [1.807, 2.05) is 24.3 Å². The highest BCUT2D eigenvalue weighted by Gasteiger charge is 2.37. The number of anilines is 2. The number of benzene rings is 8. The number of hydrogen-bond acceptors (Lipinski definition) is 3. The number of fused-ring (bicyclic) bond motifs is 7. The van der Waals surface area contributed by atoms with Crippen molar-refractivity contribution in [3.05, 3.63) is 224 Å². The Balaban J connectivity index is 0.978. The minimum atomic E-state index is 0.258. The highest BCUT2D eigenvalue weighted by molar-refractivity contribution is 6.14. The summed E-state index contributed by atoms with van der Waals surface area (Å²) in [5.74, 6) is 1.01. The van der Waals surface area contributed by atoms with Crippen LogP contribution in [0.3, 0.4) is 0 Å². The van der Waals surface area contributed by atoms with Gasteiger partial charge in [-0.3, -0.25) is 0 Å². The van der Waals surface area contributed by atoms with Crippen LogP contribution in [0.2, 0.25) is 0 Å². The molecule has 60 heavy (non-hydrogen) atoms. The van der Waals surface area contributed by atoms with Gasteiger partial charge in [-0.2, -0.15) is 0 Å². The summed E-state index contributed by atoms with van der Waals surface area (Å²) in [4.78, 5) is 12.6. The Morgan fingerprint density at radius 1 is 0.400 bits per heavy atom. The maximum atomic E-state index is 5.10. The topological polar surface area (TPSA) is 34.0 Å². The van der Waals surface area contributed by atoms with Crippen molar-refractivity contribution in [2.24, 2.45) is 0 Å². The average molecular weight is 767 g/mol. The summed E-state index contributed by atoms with van der Waals surface area (Å²) < 4.78 is 2.42. The van der Waals surface area contributed by atoms with E-state index in [-0.39, 0.29) is 6.04 Å². The fourth-order valence-electron chi connectivity index (χ4n) is 9.42. The number of rotatable bonds is 6. The van der Waals surface area contributed by atoms with Gasteiger partial charge in [-0.05, 0) is 94.2 Å². The van der Waals surface area contributed by atoms with Crippen LogP contribution in [0.5, 0.6) is 0 Å². The van der Waals surface area contributed by atoms with Crippen molar-refractivity contribution in [1.82, 2.24) is 14.5 Å². The van der Waals surface area contributed by atoms with E-state index in [1.54, 1.807) is 0 Å². The first-order valence-corrected chi connectivity index (χ1v) is 20.6. The van der Waals surface area contributed by atoms with Crippen LogP contribution in [-0.2, 0) is 0 Å². The first-order valence-electron chi connectivity index (χ1n) is 20.6. The molecule has 1 aliphatic carbocycles. The van der Waals surface area contributed by atoms with Crippen molar-refractivity contribution in [2.45, 2.75) is 12.0 Å². The molecule has 4 heteroatoms. The standard InChI is InChI=1S/C56H38N4/c1-4-14-37(15-5-1)50-36-51(58-56(57-50)39-16-6-2-7-17-39)38-24-28-45(29-25-38)60-54-31-27-43(34-48(54)49-32-40-18-10-11-19-41(40)35-55(49)60)42-26-30-53-47(33-42)46-22-12-13-23-52(46)59(53)44-20-8-3-9-21-44/h1-36,46,52H. The maximum absolute atomic E-state index is 5.10. The van der Waals surface area contributed by atoms with Crippen molar-refractivity contribution < 1.29 is 0 Å². The summed E-state index contributed by atoms with van der Waals surface area (Å²) in [7, 11) is 0. The second kappa shape index (κ2) is 13.9. The lowest BCUT2D eigenvalue weighted by atomic mass is 9.89. The zero-order valence-electron chi connectivity index (χ0n) is 32.7. The van der Waals surface area contributed by atoms with Gasteiger partial charge in [0.25, 0.3) is 0 Å². The van der Waals surface area contributed by atoms with Gasteiger partial charge in [0.1, 0.15) is 0 Å². The predicted molar refractivity (Wildman–Crippen MR) is 249 cm³/mol. The molecule has 8 aromatic carbocycles. The van der Waals surface area contributed by atoms with Gasteiger partial charge in [0.05, 0.1) is 28.5 Å². The number of hydrogen-bond donors (Lipinski definition) is 0. The molecule has 0 saturated carbocycles. The van der Waals surface area contributed by atoms with E-state index in [9.17, 15) is 0 Å². The van der Waals surface area contributed by atoms with Crippen LogP contribution in [0.15, 0.2) is 218 Å². The SMILES string of the molecule is C1=CC2c3cc(-c4ccc5c(c4)c4cc6ccccc6cc4n5-c4ccc(-c5cc(-c6ccccc6)nc(-c6ccccc6)n5)cc4)ccc3N(c3ccccc3)C2C=C1. The fourth-order valence-corrected chi connectivity index (χ4v) is 9.42. The van der Waals surface area contributed by atoms with Crippen molar-refractivity contribution in [1.29, 1.82) is 0 Å². The minimum Gasteiger partial charge on any atom is -0.333 e. The van der Waals surface area contributed by atoms with Gasteiger partial charge in [0.15, 0.2) is 5.82 Å². The molecule has 2 atom stereocenters. The number of aromatic nitrogens is 3. The lowest BCUT2D eigenvalue weighted by Crippen LogP contribution is -2.28. The van der Waals surface area contributed by atoms with E-state index in [4.69, 9.17) is 9.97 Å². The monoisotopic (exact) mass is 766 g/mol. The van der Waals surface area contributed by atoms with E-state index < -0.39 is 0 Å². The molecule has 0 bridgehead atoms. The zero-order valence-corrected chi connectivity index (χ0v) is 32.7. The van der Waals surface area contributed by atoms with Gasteiger partial charge in [-0.15, -0.1) is 0 Å². The van der Waals surface area contributed by atoms with Gasteiger partial charge < -0.3 is 9.47 Å². The molecule has 1 aliphatic heterocycles. The summed E-state index contributed by atoms with van der Waals surface area (Å²) in [5.41, 5.74) is 14.6. The lowest BCUT2D eigenvalue weighted by Gasteiger charge is -2.28. The average Bonchev–Trinajstić information content (AvgIpc) is 3.83. The van der Waals surface area contributed by atoms with Crippen molar-refractivity contribution in [3.8, 4) is 50.7 Å². The number of allylic oxidation sites excluding steroid dienone is 2. The molecule has 2 aromatic heterocycles. The van der Waals surface area contributed by atoms with E-state index in [2.05, 4.69) is 204 Å². The molecular formula is C56H38N4. The highest BCUT2D eigenvalue weighted by Crippen LogP contribution is 2.49. The Hall–Kier alpha value is -7.82. The van der Waals surface area contributed by atoms with Gasteiger partial charge in [-0.1, -0.05) is 152 Å². The Bertz CT molecular complexity index is 3250. The first kappa shape index (κ1) is 34.2. The maximum Gasteiger partial charge on any atom is 0.160 e. The van der Waals surface area contributed by atoms with Crippen LogP contribution >= 0.6 is 0 Å². The van der Waals surface area contributed by atoms with Crippen LogP contribution in [-0.4, -0.2) is 20.6 Å². The molecule has 0 saturated heterocycles. The third kappa shape index (κ3) is 5.68. The number of para-hydroxylation sites is 1. The molecule has 2 aliphatic rings. The Kier molecular flexibility index (Phi) is 7.95. The second-order valence-corrected chi connectivity index (χ2v) is 15.8. The van der Waals surface area contributed by atoms with Crippen molar-refractivity contribution >= 4 is 44.0 Å². The van der Waals surface area contributed by atoms with Crippen LogP contribution in [0, 0.1) is 0 Å². The number of nitrogens with zero attached hydrogens (tertiary/aromatic N) is 4. The largest absolute Gasteiger partial charge is 0.333 e. The van der Waals surface area contributed by atoms with Gasteiger partial charge in [0, 0.05) is 50.4 Å². The molecule has 12 rings (SSSR count). The minimum absolute atomic E-state index is 0.258. The smallest absolute Gasteiger partial charge is 0.160 e. The molecule has 3 heterocycles. The predicted octanol–water partition coefficient (Wildman–Crippen LogP) is 14.1. The van der Waals surface area contributed by atoms with Crippen LogP contribution in [0.1, 0.15) is 11.5 Å². The normalized spacial score (nSPS) is 15.5. The molecule has 4 nitrogen and oxygen atoms in total. The van der Waals surface area contributed by atoms with E-state index in [1.165, 1.54) is 60.6 Å². The molecule has 282 valence electrons. The van der Waals surface area contributed by atoms with Crippen LogP contribution in [0.25, 0.3) is 83.3 Å². The van der Waals surface area contributed by atoms with Crippen LogP contribution < -0.4 is 4.90 Å². The molecule has 0 spiro atoms. The highest BCUT2D eigenvalue weighted by atomic mass is 15.2. The molecule has 0 fully saturated rings. The van der Waals surface area contributed by atoms with Crippen molar-refractivity contribution in [2.75, 3.05) is 4.90 Å². The lowest BCUT2D eigenvalue weighted by molar-refractivity contribution is 0.745. The van der Waals surface area contributed by atoms with Gasteiger partial charge in [0.2, 0.25) is 0 Å². The molecular weight excluding hydrogens is 729 g/mol. The molecule has 0 N–H and O–H groups in total. The fraction of sp³-hybridized carbons (Fsp3) is 0.0357. The summed E-state index contributed by atoms with van der Waals surface area (Å²) in [6.07, 6.45) is 9.08. The summed E-state index contributed by atoms with van der Waals surface area (Å²) in [6.45, 7) is 0. The van der Waals surface area contributed by atoms with Crippen molar-refractivity contribution in [3.63, 3.8) is 0 Å². The third-order valence-corrected chi connectivity index (χ3v) is 12.3. The third-order valence-electron chi connectivity index (χ3n) is 12.3. The zero-order chi connectivity index (χ0) is 39.6. The van der Waals surface area contributed by atoms with Crippen LogP contribution in [0.4, 0.5) is 11.4 Å². The van der Waals surface area contributed by atoms with E-state index in [0.717, 1.165) is 33.8 Å². The quantitative estimate of drug-likeness (QED) is 0.169.